The first kappa shape index (κ1) is 13.4. The van der Waals surface area contributed by atoms with Crippen LogP contribution in [0.2, 0.25) is 0 Å². The molecule has 1 aliphatic rings. The predicted octanol–water partition coefficient (Wildman–Crippen LogP) is 4.86. The zero-order chi connectivity index (χ0) is 14.3. The number of hydrogen-bond acceptors (Lipinski definition) is 2. The topological polar surface area (TPSA) is 4.93 Å². The molecular weight excluding hydrogens is 294 g/mol. The van der Waals surface area contributed by atoms with E-state index in [1.165, 1.54) is 33.5 Å². The molecule has 1 fully saturated rings. The van der Waals surface area contributed by atoms with Crippen LogP contribution in [0.25, 0.3) is 10.9 Å². The molecule has 0 aliphatic carbocycles. The highest BCUT2D eigenvalue weighted by Gasteiger charge is 2.41. The lowest BCUT2D eigenvalue weighted by molar-refractivity contribution is 0.949. The van der Waals surface area contributed by atoms with Gasteiger partial charge in [-0.25, -0.2) is 0 Å². The maximum absolute atomic E-state index is 2.32. The number of thioether (sulfide) groups is 2. The highest BCUT2D eigenvalue weighted by molar-refractivity contribution is 8.20. The molecule has 0 radical (unpaired) electrons. The molecule has 0 bridgehead atoms. The quantitative estimate of drug-likeness (QED) is 0.666. The second-order valence-electron chi connectivity index (χ2n) is 5.35. The Balaban J connectivity index is 1.99. The third kappa shape index (κ3) is 2.02. The van der Waals surface area contributed by atoms with Gasteiger partial charge >= 0.3 is 0 Å². The average molecular weight is 311 g/mol. The molecule has 0 unspecified atom stereocenters. The lowest BCUT2D eigenvalue weighted by Crippen LogP contribution is -2.16. The number of fused-ring (bicyclic) bond motifs is 1. The van der Waals surface area contributed by atoms with Crippen molar-refractivity contribution >= 4 is 34.4 Å². The summed E-state index contributed by atoms with van der Waals surface area (Å²) < 4.78 is 2.30. The van der Waals surface area contributed by atoms with Gasteiger partial charge in [0.05, 0.1) is 0 Å². The van der Waals surface area contributed by atoms with Crippen molar-refractivity contribution in [3.8, 4) is 0 Å². The minimum Gasteiger partial charge on any atom is -0.350 e. The fourth-order valence-electron chi connectivity index (χ4n) is 3.15. The molecule has 1 aromatic heterocycles. The summed E-state index contributed by atoms with van der Waals surface area (Å²) in [5.74, 6) is 2.42. The molecule has 106 valence electrons. The Morgan fingerprint density at radius 2 is 1.57 bits per heavy atom. The summed E-state index contributed by atoms with van der Waals surface area (Å²) in [7, 11) is 2.15. The highest BCUT2D eigenvalue weighted by Crippen LogP contribution is 2.57. The van der Waals surface area contributed by atoms with Gasteiger partial charge in [-0.1, -0.05) is 48.5 Å². The van der Waals surface area contributed by atoms with Gasteiger partial charge < -0.3 is 4.57 Å². The van der Waals surface area contributed by atoms with Crippen LogP contribution >= 0.6 is 23.5 Å². The maximum Gasteiger partial charge on any atom is 0.113 e. The van der Waals surface area contributed by atoms with Crippen molar-refractivity contribution in [1.29, 1.82) is 0 Å². The third-order valence-corrected chi connectivity index (χ3v) is 7.61. The van der Waals surface area contributed by atoms with Crippen LogP contribution < -0.4 is 0 Å². The van der Waals surface area contributed by atoms with Crippen LogP contribution in [0, 0.1) is 0 Å². The van der Waals surface area contributed by atoms with Crippen LogP contribution in [0.15, 0.2) is 60.8 Å². The Kier molecular flexibility index (Phi) is 3.27. The molecule has 0 atom stereocenters. The van der Waals surface area contributed by atoms with Gasteiger partial charge in [-0.15, -0.1) is 23.5 Å². The minimum absolute atomic E-state index is 0.0438. The first-order chi connectivity index (χ1) is 10.3. The SMILES string of the molecule is Cn1cc(C2(c3ccccc3)SCCS2)c2ccccc21. The first-order valence-corrected chi connectivity index (χ1v) is 9.16. The van der Waals surface area contributed by atoms with E-state index in [0.717, 1.165) is 0 Å². The number of rotatable bonds is 2. The first-order valence-electron chi connectivity index (χ1n) is 7.19. The van der Waals surface area contributed by atoms with E-state index in [4.69, 9.17) is 0 Å². The zero-order valence-corrected chi connectivity index (χ0v) is 13.6. The summed E-state index contributed by atoms with van der Waals surface area (Å²) in [5, 5.41) is 1.38. The zero-order valence-electron chi connectivity index (χ0n) is 12.0. The van der Waals surface area contributed by atoms with E-state index in [0.29, 0.717) is 0 Å². The number of aromatic nitrogens is 1. The van der Waals surface area contributed by atoms with Gasteiger partial charge in [0.2, 0.25) is 0 Å². The van der Waals surface area contributed by atoms with Crippen LogP contribution in [0.3, 0.4) is 0 Å². The van der Waals surface area contributed by atoms with Gasteiger partial charge in [0.25, 0.3) is 0 Å². The van der Waals surface area contributed by atoms with E-state index >= 15 is 0 Å². The van der Waals surface area contributed by atoms with Gasteiger partial charge in [0.1, 0.15) is 4.08 Å². The van der Waals surface area contributed by atoms with E-state index in [1.54, 1.807) is 0 Å². The number of benzene rings is 2. The van der Waals surface area contributed by atoms with Crippen LogP contribution in [-0.4, -0.2) is 16.1 Å². The summed E-state index contributed by atoms with van der Waals surface area (Å²) in [6, 6.07) is 19.7. The third-order valence-electron chi connectivity index (χ3n) is 4.10. The number of para-hydroxylation sites is 1. The summed E-state index contributed by atoms with van der Waals surface area (Å²) >= 11 is 4.15. The van der Waals surface area contributed by atoms with Gasteiger partial charge in [-0.05, 0) is 11.6 Å². The van der Waals surface area contributed by atoms with Gasteiger partial charge in [-0.3, -0.25) is 0 Å². The number of nitrogens with zero attached hydrogens (tertiary/aromatic N) is 1. The molecule has 1 saturated heterocycles. The minimum atomic E-state index is 0.0438. The molecule has 3 aromatic rings. The smallest absolute Gasteiger partial charge is 0.113 e. The van der Waals surface area contributed by atoms with Gasteiger partial charge in [-0.2, -0.15) is 0 Å². The van der Waals surface area contributed by atoms with E-state index in [-0.39, 0.29) is 4.08 Å². The van der Waals surface area contributed by atoms with Crippen LogP contribution in [0.5, 0.6) is 0 Å². The Morgan fingerprint density at radius 3 is 2.33 bits per heavy atom. The average Bonchev–Trinajstić information content (AvgIpc) is 3.15. The molecule has 1 nitrogen and oxygen atoms in total. The molecule has 0 saturated carbocycles. The van der Waals surface area contributed by atoms with E-state index in [9.17, 15) is 0 Å². The molecular formula is C18H17NS2. The fraction of sp³-hybridized carbons (Fsp3) is 0.222. The molecule has 0 spiro atoms. The van der Waals surface area contributed by atoms with E-state index < -0.39 is 0 Å². The predicted molar refractivity (Wildman–Crippen MR) is 95.1 cm³/mol. The molecule has 1 aliphatic heterocycles. The summed E-state index contributed by atoms with van der Waals surface area (Å²) in [6.07, 6.45) is 2.32. The Hall–Kier alpha value is -1.32. The standard InChI is InChI=1S/C18H17NS2/c1-19-13-16(15-9-5-6-10-17(15)19)18(20-11-12-21-18)14-7-3-2-4-8-14/h2-10,13H,11-12H2,1H3. The Bertz CT molecular complexity index is 770. The van der Waals surface area contributed by atoms with Gasteiger partial charge in [0.15, 0.2) is 0 Å². The number of aryl methyl sites for hydroxylation is 1. The summed E-state index contributed by atoms with van der Waals surface area (Å²) in [5.41, 5.74) is 4.17. The van der Waals surface area contributed by atoms with Crippen molar-refractivity contribution in [3.05, 3.63) is 71.9 Å². The lowest BCUT2D eigenvalue weighted by atomic mass is 10.0. The maximum atomic E-state index is 2.32. The fourth-order valence-corrected chi connectivity index (χ4v) is 6.47. The molecule has 0 N–H and O–H groups in total. The second kappa shape index (κ2) is 5.15. The van der Waals surface area contributed by atoms with Crippen molar-refractivity contribution in [1.82, 2.24) is 4.57 Å². The molecule has 0 amide bonds. The molecule has 3 heteroatoms. The molecule has 2 heterocycles. The van der Waals surface area contributed by atoms with Crippen molar-refractivity contribution in [2.45, 2.75) is 4.08 Å². The lowest BCUT2D eigenvalue weighted by Gasteiger charge is -2.28. The second-order valence-corrected chi connectivity index (χ2v) is 8.23. The van der Waals surface area contributed by atoms with Crippen molar-refractivity contribution in [3.63, 3.8) is 0 Å². The summed E-state index contributed by atoms with van der Waals surface area (Å²) in [4.78, 5) is 0. The van der Waals surface area contributed by atoms with Gasteiger partial charge in [0, 0.05) is 41.2 Å². The van der Waals surface area contributed by atoms with Crippen molar-refractivity contribution in [2.24, 2.45) is 7.05 Å². The van der Waals surface area contributed by atoms with E-state index in [1.807, 2.05) is 0 Å². The van der Waals surface area contributed by atoms with Crippen molar-refractivity contribution < 1.29 is 0 Å². The van der Waals surface area contributed by atoms with Crippen LogP contribution in [0.1, 0.15) is 11.1 Å². The van der Waals surface area contributed by atoms with Crippen molar-refractivity contribution in [2.75, 3.05) is 11.5 Å². The summed E-state index contributed by atoms with van der Waals surface area (Å²) in [6.45, 7) is 0. The molecule has 21 heavy (non-hydrogen) atoms. The highest BCUT2D eigenvalue weighted by atomic mass is 32.2. The monoisotopic (exact) mass is 311 g/mol. The van der Waals surface area contributed by atoms with E-state index in [2.05, 4.69) is 95.9 Å². The van der Waals surface area contributed by atoms with Crippen LogP contribution in [0.4, 0.5) is 0 Å². The Labute approximate surface area is 133 Å². The normalized spacial score (nSPS) is 17.4. The molecule has 2 aromatic carbocycles. The largest absolute Gasteiger partial charge is 0.350 e. The van der Waals surface area contributed by atoms with Crippen LogP contribution in [-0.2, 0) is 11.1 Å². The number of hydrogen-bond donors (Lipinski definition) is 0. The molecule has 4 rings (SSSR count). The Morgan fingerprint density at radius 1 is 0.905 bits per heavy atom.